The van der Waals surface area contributed by atoms with E-state index in [-0.39, 0.29) is 9.92 Å². The minimum atomic E-state index is -3.87. The molecule has 5 nitrogen and oxygen atoms in total. The Kier molecular flexibility index (Phi) is 4.59. The van der Waals surface area contributed by atoms with Gasteiger partial charge < -0.3 is 4.74 Å². The predicted octanol–water partition coefficient (Wildman–Crippen LogP) is 3.05. The largest absolute Gasteiger partial charge is 0.497 e. The van der Waals surface area contributed by atoms with Gasteiger partial charge >= 0.3 is 0 Å². The van der Waals surface area contributed by atoms with Crippen molar-refractivity contribution in [3.8, 4) is 11.8 Å². The van der Waals surface area contributed by atoms with Crippen molar-refractivity contribution in [1.82, 2.24) is 0 Å². The highest BCUT2D eigenvalue weighted by Crippen LogP contribution is 2.30. The maximum Gasteiger partial charge on any atom is 0.265 e. The molecule has 0 spiro atoms. The summed E-state index contributed by atoms with van der Waals surface area (Å²) >= 11 is 6.01. The lowest BCUT2D eigenvalue weighted by Crippen LogP contribution is -2.26. The van der Waals surface area contributed by atoms with Gasteiger partial charge in [0.05, 0.1) is 29.5 Å². The Morgan fingerprint density at radius 1 is 1.23 bits per heavy atom. The highest BCUT2D eigenvalue weighted by Gasteiger charge is 2.25. The van der Waals surface area contributed by atoms with Crippen LogP contribution in [0.4, 0.5) is 5.69 Å². The minimum absolute atomic E-state index is 0.0571. The Balaban J connectivity index is 2.52. The molecule has 7 heteroatoms. The quantitative estimate of drug-likeness (QED) is 0.860. The molecule has 0 aliphatic carbocycles. The van der Waals surface area contributed by atoms with Gasteiger partial charge in [-0.15, -0.1) is 0 Å². The first-order chi connectivity index (χ1) is 10.4. The van der Waals surface area contributed by atoms with Crippen LogP contribution in [0.3, 0.4) is 0 Å². The van der Waals surface area contributed by atoms with Crippen LogP contribution in [0.15, 0.2) is 47.4 Å². The molecule has 2 aromatic carbocycles. The average molecular weight is 337 g/mol. The van der Waals surface area contributed by atoms with Gasteiger partial charge in [-0.2, -0.15) is 5.26 Å². The number of sulfonamides is 1. The van der Waals surface area contributed by atoms with Crippen molar-refractivity contribution in [3.05, 3.63) is 53.1 Å². The molecular weight excluding hydrogens is 324 g/mol. The van der Waals surface area contributed by atoms with Crippen molar-refractivity contribution in [2.75, 3.05) is 18.5 Å². The van der Waals surface area contributed by atoms with Gasteiger partial charge in [-0.25, -0.2) is 8.42 Å². The Hall–Kier alpha value is -2.23. The second-order valence-electron chi connectivity index (χ2n) is 4.43. The lowest BCUT2D eigenvalue weighted by molar-refractivity contribution is 0.413. The van der Waals surface area contributed by atoms with Gasteiger partial charge in [-0.3, -0.25) is 4.31 Å². The van der Waals surface area contributed by atoms with Crippen LogP contribution in [0.2, 0.25) is 5.02 Å². The summed E-state index contributed by atoms with van der Waals surface area (Å²) in [4.78, 5) is -0.0571. The number of hydrogen-bond acceptors (Lipinski definition) is 4. The maximum absolute atomic E-state index is 12.7. The van der Waals surface area contributed by atoms with Crippen LogP contribution in [0.1, 0.15) is 5.56 Å². The summed E-state index contributed by atoms with van der Waals surface area (Å²) in [5.41, 5.74) is 0.745. The summed E-state index contributed by atoms with van der Waals surface area (Å²) in [5.74, 6) is 0.391. The third-order valence-electron chi connectivity index (χ3n) is 3.12. The molecule has 0 fully saturated rings. The third kappa shape index (κ3) is 3.01. The third-order valence-corrected chi connectivity index (χ3v) is 5.38. The van der Waals surface area contributed by atoms with E-state index in [2.05, 4.69) is 0 Å². The highest BCUT2D eigenvalue weighted by molar-refractivity contribution is 7.93. The van der Waals surface area contributed by atoms with E-state index in [1.54, 1.807) is 24.3 Å². The molecule has 0 bridgehead atoms. The monoisotopic (exact) mass is 336 g/mol. The Bertz CT molecular complexity index is 844. The van der Waals surface area contributed by atoms with Crippen molar-refractivity contribution >= 4 is 27.3 Å². The topological polar surface area (TPSA) is 70.4 Å². The van der Waals surface area contributed by atoms with E-state index in [0.29, 0.717) is 17.0 Å². The Labute approximate surface area is 134 Å². The molecule has 2 aromatic rings. The second-order valence-corrected chi connectivity index (χ2v) is 6.78. The van der Waals surface area contributed by atoms with E-state index in [4.69, 9.17) is 21.6 Å². The molecule has 0 unspecified atom stereocenters. The molecular formula is C15H13ClN2O3S. The fourth-order valence-corrected chi connectivity index (χ4v) is 3.54. The van der Waals surface area contributed by atoms with Gasteiger partial charge in [-0.1, -0.05) is 17.7 Å². The number of methoxy groups -OCH3 is 1. The van der Waals surface area contributed by atoms with E-state index in [0.717, 1.165) is 4.31 Å². The minimum Gasteiger partial charge on any atom is -0.497 e. The zero-order valence-corrected chi connectivity index (χ0v) is 13.5. The van der Waals surface area contributed by atoms with Crippen molar-refractivity contribution in [2.45, 2.75) is 4.90 Å². The Morgan fingerprint density at radius 3 is 2.59 bits per heavy atom. The van der Waals surface area contributed by atoms with Crippen molar-refractivity contribution in [1.29, 1.82) is 5.26 Å². The number of rotatable bonds is 4. The molecule has 22 heavy (non-hydrogen) atoms. The normalized spacial score (nSPS) is 10.8. The lowest BCUT2D eigenvalue weighted by atomic mass is 10.2. The van der Waals surface area contributed by atoms with Crippen LogP contribution >= 0.6 is 11.6 Å². The van der Waals surface area contributed by atoms with Crippen molar-refractivity contribution in [3.63, 3.8) is 0 Å². The molecule has 0 aliphatic rings. The fourth-order valence-electron chi connectivity index (χ4n) is 1.87. The molecule has 0 saturated carbocycles. The van der Waals surface area contributed by atoms with Crippen LogP contribution in [0, 0.1) is 11.3 Å². The molecule has 0 atom stereocenters. The van der Waals surface area contributed by atoms with Gasteiger partial charge in [0.15, 0.2) is 0 Å². The van der Waals surface area contributed by atoms with Crippen LogP contribution in [-0.4, -0.2) is 22.6 Å². The molecule has 0 aromatic heterocycles. The molecule has 0 N–H and O–H groups in total. The number of nitrogens with zero attached hydrogens (tertiary/aromatic N) is 2. The molecule has 114 valence electrons. The lowest BCUT2D eigenvalue weighted by Gasteiger charge is -2.20. The standard InChI is InChI=1S/C15H13ClN2O3S/c1-18(12-5-3-4-11(8-12)10-17)22(19,20)15-9-13(21-2)6-7-14(15)16/h3-9H,1-2H3. The SMILES string of the molecule is COc1ccc(Cl)c(S(=O)(=O)N(C)c2cccc(C#N)c2)c1. The number of benzene rings is 2. The zero-order chi connectivity index (χ0) is 16.3. The first-order valence-corrected chi connectivity index (χ1v) is 8.04. The number of anilines is 1. The van der Waals surface area contributed by atoms with Gasteiger partial charge in [0, 0.05) is 13.1 Å². The number of ether oxygens (including phenoxy) is 1. The maximum atomic E-state index is 12.7. The van der Waals surface area contributed by atoms with E-state index in [9.17, 15) is 8.42 Å². The van der Waals surface area contributed by atoms with Crippen LogP contribution in [-0.2, 0) is 10.0 Å². The predicted molar refractivity (Wildman–Crippen MR) is 84.7 cm³/mol. The summed E-state index contributed by atoms with van der Waals surface area (Å²) in [6.07, 6.45) is 0. The van der Waals surface area contributed by atoms with E-state index < -0.39 is 10.0 Å². The summed E-state index contributed by atoms with van der Waals surface area (Å²) in [7, 11) is -1.02. The van der Waals surface area contributed by atoms with E-state index in [1.807, 2.05) is 6.07 Å². The summed E-state index contributed by atoms with van der Waals surface area (Å²) < 4.78 is 31.6. The van der Waals surface area contributed by atoms with E-state index >= 15 is 0 Å². The van der Waals surface area contributed by atoms with Gasteiger partial charge in [0.2, 0.25) is 0 Å². The summed E-state index contributed by atoms with van der Waals surface area (Å²) in [6.45, 7) is 0. The van der Waals surface area contributed by atoms with Gasteiger partial charge in [0.25, 0.3) is 10.0 Å². The summed E-state index contributed by atoms with van der Waals surface area (Å²) in [5, 5.41) is 9.02. The van der Waals surface area contributed by atoms with E-state index in [1.165, 1.54) is 32.4 Å². The zero-order valence-electron chi connectivity index (χ0n) is 11.9. The molecule has 0 heterocycles. The molecule has 0 radical (unpaired) electrons. The molecule has 2 rings (SSSR count). The van der Waals surface area contributed by atoms with Gasteiger partial charge in [-0.05, 0) is 30.3 Å². The molecule has 0 amide bonds. The average Bonchev–Trinajstić information content (AvgIpc) is 2.54. The fraction of sp³-hybridized carbons (Fsp3) is 0.133. The number of nitriles is 1. The second kappa shape index (κ2) is 6.26. The first-order valence-electron chi connectivity index (χ1n) is 6.23. The van der Waals surface area contributed by atoms with Crippen LogP contribution in [0.25, 0.3) is 0 Å². The van der Waals surface area contributed by atoms with Crippen molar-refractivity contribution in [2.24, 2.45) is 0 Å². The van der Waals surface area contributed by atoms with Crippen LogP contribution < -0.4 is 9.04 Å². The number of halogens is 1. The highest BCUT2D eigenvalue weighted by atomic mass is 35.5. The van der Waals surface area contributed by atoms with Gasteiger partial charge in [0.1, 0.15) is 10.6 Å². The first kappa shape index (κ1) is 16.1. The Morgan fingerprint density at radius 2 is 1.95 bits per heavy atom. The van der Waals surface area contributed by atoms with Crippen LogP contribution in [0.5, 0.6) is 5.75 Å². The number of hydrogen-bond donors (Lipinski definition) is 0. The molecule has 0 aliphatic heterocycles. The molecule has 0 saturated heterocycles. The van der Waals surface area contributed by atoms with Crippen molar-refractivity contribution < 1.29 is 13.2 Å². The summed E-state index contributed by atoms with van der Waals surface area (Å²) in [6, 6.07) is 12.7. The smallest absolute Gasteiger partial charge is 0.265 e.